The summed E-state index contributed by atoms with van der Waals surface area (Å²) in [6.45, 7) is 4.73. The van der Waals surface area contributed by atoms with Gasteiger partial charge in [0.25, 0.3) is 0 Å². The Bertz CT molecular complexity index is 2800. The van der Waals surface area contributed by atoms with E-state index in [9.17, 15) is 0 Å². The zero-order valence-electron chi connectivity index (χ0n) is 29.8. The van der Waals surface area contributed by atoms with Crippen LogP contribution in [0.3, 0.4) is 0 Å². The molecule has 1 aliphatic carbocycles. The molecular weight excluding hydrogens is 643 g/mol. The molecular formula is C51H37NO. The van der Waals surface area contributed by atoms with E-state index in [1.54, 1.807) is 0 Å². The van der Waals surface area contributed by atoms with E-state index < -0.39 is 0 Å². The van der Waals surface area contributed by atoms with E-state index in [2.05, 4.69) is 207 Å². The lowest BCUT2D eigenvalue weighted by molar-refractivity contribution is 0.660. The van der Waals surface area contributed by atoms with Gasteiger partial charge in [0.15, 0.2) is 0 Å². The third kappa shape index (κ3) is 5.10. The number of hydrogen-bond acceptors (Lipinski definition) is 2. The molecule has 0 saturated carbocycles. The lowest BCUT2D eigenvalue weighted by Crippen LogP contribution is -2.16. The number of rotatable bonds is 6. The van der Waals surface area contributed by atoms with E-state index in [-0.39, 0.29) is 5.41 Å². The number of anilines is 3. The third-order valence-corrected chi connectivity index (χ3v) is 11.1. The molecule has 0 N–H and O–H groups in total. The SMILES string of the molecule is CC1(C)c2cc(N(c3cccc(-c4ccccc4)c3)c3cccc4oc5ccc(-c6ccccc6)cc5c34)ccc2-c2c(-c3ccccc3)cccc21. The van der Waals surface area contributed by atoms with Crippen LogP contribution in [0.25, 0.3) is 66.4 Å². The van der Waals surface area contributed by atoms with Crippen LogP contribution >= 0.6 is 0 Å². The molecule has 0 fully saturated rings. The summed E-state index contributed by atoms with van der Waals surface area (Å²) in [4.78, 5) is 2.43. The number of benzene rings is 8. The Balaban J connectivity index is 1.21. The molecule has 0 atom stereocenters. The van der Waals surface area contributed by atoms with Gasteiger partial charge in [-0.2, -0.15) is 0 Å². The van der Waals surface area contributed by atoms with Gasteiger partial charge >= 0.3 is 0 Å². The standard InChI is InChI=1S/C51H37NO/c1-51(2)44-24-13-23-41(36-19-10-5-11-20-36)49(44)42-29-28-40(33-45(42)51)52(39-22-12-21-37(31-39)34-15-6-3-7-16-34)46-25-14-26-48-50(46)43-32-38(27-30-47(43)53-48)35-17-8-4-9-18-35/h3-33H,1-2H3. The molecule has 0 amide bonds. The molecule has 252 valence electrons. The second kappa shape index (κ2) is 12.3. The van der Waals surface area contributed by atoms with Crippen molar-refractivity contribution < 1.29 is 4.42 Å². The molecule has 8 aromatic carbocycles. The van der Waals surface area contributed by atoms with E-state index in [1.807, 2.05) is 0 Å². The highest BCUT2D eigenvalue weighted by Gasteiger charge is 2.37. The van der Waals surface area contributed by atoms with Crippen molar-refractivity contribution in [3.8, 4) is 44.5 Å². The Labute approximate surface area is 310 Å². The van der Waals surface area contributed by atoms with Crippen LogP contribution in [0.4, 0.5) is 17.1 Å². The summed E-state index contributed by atoms with van der Waals surface area (Å²) in [7, 11) is 0. The van der Waals surface area contributed by atoms with Gasteiger partial charge in [-0.3, -0.25) is 0 Å². The van der Waals surface area contributed by atoms with Crippen molar-refractivity contribution in [3.63, 3.8) is 0 Å². The number of fused-ring (bicyclic) bond motifs is 6. The van der Waals surface area contributed by atoms with E-state index >= 15 is 0 Å². The predicted molar refractivity (Wildman–Crippen MR) is 222 cm³/mol. The maximum atomic E-state index is 6.58. The van der Waals surface area contributed by atoms with Crippen LogP contribution in [0.1, 0.15) is 25.0 Å². The lowest BCUT2D eigenvalue weighted by Gasteiger charge is -2.29. The molecule has 0 saturated heterocycles. The minimum atomic E-state index is -0.193. The molecule has 1 aliphatic rings. The maximum Gasteiger partial charge on any atom is 0.137 e. The van der Waals surface area contributed by atoms with Gasteiger partial charge in [-0.1, -0.05) is 153 Å². The average Bonchev–Trinajstić information content (AvgIpc) is 3.71. The van der Waals surface area contributed by atoms with E-state index in [4.69, 9.17) is 4.42 Å². The lowest BCUT2D eigenvalue weighted by atomic mass is 9.81. The van der Waals surface area contributed by atoms with Gasteiger partial charge in [-0.05, 0) is 104 Å². The van der Waals surface area contributed by atoms with Crippen molar-refractivity contribution in [2.45, 2.75) is 19.3 Å². The van der Waals surface area contributed by atoms with Crippen molar-refractivity contribution >= 4 is 39.0 Å². The van der Waals surface area contributed by atoms with Gasteiger partial charge in [0, 0.05) is 22.2 Å². The molecule has 2 nitrogen and oxygen atoms in total. The van der Waals surface area contributed by atoms with Crippen LogP contribution in [-0.4, -0.2) is 0 Å². The first-order valence-electron chi connectivity index (χ1n) is 18.3. The first-order chi connectivity index (χ1) is 26.0. The van der Waals surface area contributed by atoms with Crippen molar-refractivity contribution in [2.75, 3.05) is 4.90 Å². The summed E-state index contributed by atoms with van der Waals surface area (Å²) in [5.41, 5.74) is 17.4. The van der Waals surface area contributed by atoms with Crippen molar-refractivity contribution in [3.05, 3.63) is 199 Å². The normalized spacial score (nSPS) is 12.9. The Morgan fingerprint density at radius 1 is 0.415 bits per heavy atom. The second-order valence-electron chi connectivity index (χ2n) is 14.5. The van der Waals surface area contributed by atoms with E-state index in [1.165, 1.54) is 55.6 Å². The highest BCUT2D eigenvalue weighted by Crippen LogP contribution is 2.54. The van der Waals surface area contributed by atoms with E-state index in [0.29, 0.717) is 0 Å². The van der Waals surface area contributed by atoms with Gasteiger partial charge in [0.2, 0.25) is 0 Å². The topological polar surface area (TPSA) is 16.4 Å². The Morgan fingerprint density at radius 2 is 1.04 bits per heavy atom. The van der Waals surface area contributed by atoms with Crippen LogP contribution in [0.2, 0.25) is 0 Å². The smallest absolute Gasteiger partial charge is 0.137 e. The summed E-state index contributed by atoms with van der Waals surface area (Å²) < 4.78 is 6.58. The Kier molecular flexibility index (Phi) is 7.19. The average molecular weight is 680 g/mol. The molecule has 2 heteroatoms. The summed E-state index contributed by atoms with van der Waals surface area (Å²) >= 11 is 0. The van der Waals surface area contributed by atoms with Crippen LogP contribution in [0.5, 0.6) is 0 Å². The summed E-state index contributed by atoms with van der Waals surface area (Å²) in [6.07, 6.45) is 0. The van der Waals surface area contributed by atoms with Crippen molar-refractivity contribution in [1.29, 1.82) is 0 Å². The van der Waals surface area contributed by atoms with Crippen LogP contribution in [0, 0.1) is 0 Å². The number of furan rings is 1. The molecule has 0 unspecified atom stereocenters. The molecule has 1 aromatic heterocycles. The monoisotopic (exact) mass is 679 g/mol. The van der Waals surface area contributed by atoms with Gasteiger partial charge < -0.3 is 9.32 Å². The fourth-order valence-electron chi connectivity index (χ4n) is 8.46. The predicted octanol–water partition coefficient (Wildman–Crippen LogP) is 14.4. The van der Waals surface area contributed by atoms with Crippen molar-refractivity contribution in [1.82, 2.24) is 0 Å². The third-order valence-electron chi connectivity index (χ3n) is 11.1. The van der Waals surface area contributed by atoms with Crippen LogP contribution in [-0.2, 0) is 5.41 Å². The maximum absolute atomic E-state index is 6.58. The molecule has 0 spiro atoms. The molecule has 0 aliphatic heterocycles. The molecule has 1 heterocycles. The highest BCUT2D eigenvalue weighted by molar-refractivity contribution is 6.14. The minimum Gasteiger partial charge on any atom is -0.456 e. The summed E-state index contributed by atoms with van der Waals surface area (Å²) in [5.74, 6) is 0. The second-order valence-corrected chi connectivity index (χ2v) is 14.5. The van der Waals surface area contributed by atoms with Crippen LogP contribution < -0.4 is 4.90 Å². The number of nitrogens with zero attached hydrogens (tertiary/aromatic N) is 1. The van der Waals surface area contributed by atoms with E-state index in [0.717, 1.165) is 39.0 Å². The number of hydrogen-bond donors (Lipinski definition) is 0. The fourth-order valence-corrected chi connectivity index (χ4v) is 8.46. The fraction of sp³-hybridized carbons (Fsp3) is 0.0588. The minimum absolute atomic E-state index is 0.193. The zero-order chi connectivity index (χ0) is 35.5. The molecule has 10 rings (SSSR count). The Morgan fingerprint density at radius 3 is 1.77 bits per heavy atom. The molecule has 9 aromatic rings. The highest BCUT2D eigenvalue weighted by atomic mass is 16.3. The van der Waals surface area contributed by atoms with Gasteiger partial charge in [-0.25, -0.2) is 0 Å². The van der Waals surface area contributed by atoms with Gasteiger partial charge in [0.1, 0.15) is 11.2 Å². The molecule has 0 radical (unpaired) electrons. The first kappa shape index (κ1) is 31.1. The van der Waals surface area contributed by atoms with Gasteiger partial charge in [0.05, 0.1) is 11.1 Å². The first-order valence-corrected chi connectivity index (χ1v) is 18.3. The summed E-state index contributed by atoms with van der Waals surface area (Å²) in [5, 5.41) is 2.20. The van der Waals surface area contributed by atoms with Crippen molar-refractivity contribution in [2.24, 2.45) is 0 Å². The summed E-state index contributed by atoms with van der Waals surface area (Å²) in [6, 6.07) is 67.8. The Hall–Kier alpha value is -6.64. The zero-order valence-corrected chi connectivity index (χ0v) is 29.8. The molecule has 0 bridgehead atoms. The van der Waals surface area contributed by atoms with Crippen LogP contribution in [0.15, 0.2) is 192 Å². The van der Waals surface area contributed by atoms with Gasteiger partial charge in [-0.15, -0.1) is 0 Å². The largest absolute Gasteiger partial charge is 0.456 e. The molecule has 53 heavy (non-hydrogen) atoms. The quantitative estimate of drug-likeness (QED) is 0.174.